The first-order valence-corrected chi connectivity index (χ1v) is 4.72. The number of aryl methyl sites for hydroxylation is 1. The molecule has 2 heterocycles. The van der Waals surface area contributed by atoms with E-state index in [0.717, 1.165) is 29.4 Å². The number of pyridine rings is 1. The minimum atomic E-state index is 0.543. The Morgan fingerprint density at radius 2 is 2.43 bits per heavy atom. The molecule has 0 radical (unpaired) electrons. The number of aromatic nitrogens is 2. The molecule has 3 heteroatoms. The first-order chi connectivity index (χ1) is 6.85. The molecule has 0 fully saturated rings. The first kappa shape index (κ1) is 8.76. The van der Waals surface area contributed by atoms with Gasteiger partial charge in [-0.1, -0.05) is 13.3 Å². The van der Waals surface area contributed by atoms with Crippen molar-refractivity contribution in [1.29, 1.82) is 5.26 Å². The molecule has 0 aliphatic rings. The molecular weight excluding hydrogens is 174 g/mol. The third kappa shape index (κ3) is 1.35. The molecule has 0 bridgehead atoms. The number of hydrogen-bond acceptors (Lipinski definition) is 2. The summed E-state index contributed by atoms with van der Waals surface area (Å²) in [4.78, 5) is 7.26. The van der Waals surface area contributed by atoms with Gasteiger partial charge in [0, 0.05) is 11.6 Å². The van der Waals surface area contributed by atoms with Crippen molar-refractivity contribution in [2.45, 2.75) is 19.8 Å². The summed E-state index contributed by atoms with van der Waals surface area (Å²) in [7, 11) is 0. The number of rotatable bonds is 2. The van der Waals surface area contributed by atoms with Gasteiger partial charge in [0.25, 0.3) is 0 Å². The Labute approximate surface area is 82.4 Å². The average Bonchev–Trinajstić information content (AvgIpc) is 2.64. The highest BCUT2D eigenvalue weighted by molar-refractivity contribution is 5.77. The molecular formula is C11H11N3. The second kappa shape index (κ2) is 3.51. The summed E-state index contributed by atoms with van der Waals surface area (Å²) in [6.45, 7) is 2.10. The van der Waals surface area contributed by atoms with Gasteiger partial charge in [-0.15, -0.1) is 0 Å². The molecule has 3 nitrogen and oxygen atoms in total. The van der Waals surface area contributed by atoms with E-state index in [1.807, 2.05) is 18.3 Å². The number of aromatic amines is 1. The highest BCUT2D eigenvalue weighted by Gasteiger charge is 2.05. The van der Waals surface area contributed by atoms with Crippen molar-refractivity contribution in [2.75, 3.05) is 0 Å². The van der Waals surface area contributed by atoms with Crippen molar-refractivity contribution < 1.29 is 0 Å². The van der Waals surface area contributed by atoms with E-state index in [4.69, 9.17) is 5.26 Å². The molecule has 0 saturated heterocycles. The maximum Gasteiger partial charge on any atom is 0.146 e. The molecule has 0 spiro atoms. The summed E-state index contributed by atoms with van der Waals surface area (Å²) < 4.78 is 0. The summed E-state index contributed by atoms with van der Waals surface area (Å²) in [6.07, 6.45) is 3.79. The number of H-pyrrole nitrogens is 1. The van der Waals surface area contributed by atoms with Crippen LogP contribution in [0.3, 0.4) is 0 Å². The lowest BCUT2D eigenvalue weighted by molar-refractivity contribution is 0.912. The zero-order valence-corrected chi connectivity index (χ0v) is 8.04. The predicted octanol–water partition coefficient (Wildman–Crippen LogP) is 2.39. The van der Waals surface area contributed by atoms with Gasteiger partial charge in [-0.05, 0) is 24.1 Å². The monoisotopic (exact) mass is 185 g/mol. The third-order valence-electron chi connectivity index (χ3n) is 2.24. The molecule has 1 N–H and O–H groups in total. The minimum absolute atomic E-state index is 0.543. The van der Waals surface area contributed by atoms with E-state index in [1.165, 1.54) is 0 Å². The standard InChI is InChI=1S/C11H11N3/c1-2-3-8-6-9-4-5-13-11(9)14-10(8)7-12/h4-6H,2-3H2,1H3,(H,13,14). The van der Waals surface area contributed by atoms with E-state index in [0.29, 0.717) is 5.69 Å². The summed E-state index contributed by atoms with van der Waals surface area (Å²) >= 11 is 0. The minimum Gasteiger partial charge on any atom is -0.346 e. The van der Waals surface area contributed by atoms with Gasteiger partial charge < -0.3 is 4.98 Å². The van der Waals surface area contributed by atoms with Crippen molar-refractivity contribution in [3.8, 4) is 6.07 Å². The van der Waals surface area contributed by atoms with Crippen LogP contribution in [0, 0.1) is 11.3 Å². The normalized spacial score (nSPS) is 10.3. The highest BCUT2D eigenvalue weighted by Crippen LogP contribution is 2.16. The molecule has 0 atom stereocenters. The van der Waals surface area contributed by atoms with Crippen molar-refractivity contribution >= 4 is 11.0 Å². The average molecular weight is 185 g/mol. The first-order valence-electron chi connectivity index (χ1n) is 4.72. The fraction of sp³-hybridized carbons (Fsp3) is 0.273. The molecule has 2 aromatic rings. The van der Waals surface area contributed by atoms with Crippen molar-refractivity contribution in [3.63, 3.8) is 0 Å². The zero-order chi connectivity index (χ0) is 9.97. The number of nitrogens with one attached hydrogen (secondary N) is 1. The lowest BCUT2D eigenvalue weighted by atomic mass is 10.1. The molecule has 14 heavy (non-hydrogen) atoms. The van der Waals surface area contributed by atoms with Crippen molar-refractivity contribution in [3.05, 3.63) is 29.6 Å². The number of hydrogen-bond donors (Lipinski definition) is 1. The Bertz CT molecular complexity index is 491. The van der Waals surface area contributed by atoms with E-state index in [9.17, 15) is 0 Å². The van der Waals surface area contributed by atoms with Crippen LogP contribution < -0.4 is 0 Å². The fourth-order valence-electron chi connectivity index (χ4n) is 1.58. The molecule has 0 aromatic carbocycles. The van der Waals surface area contributed by atoms with Crippen LogP contribution in [0.4, 0.5) is 0 Å². The molecule has 0 saturated carbocycles. The quantitative estimate of drug-likeness (QED) is 0.780. The summed E-state index contributed by atoms with van der Waals surface area (Å²) in [5.74, 6) is 0. The van der Waals surface area contributed by atoms with Crippen LogP contribution in [0.2, 0.25) is 0 Å². The number of nitrogens with zero attached hydrogens (tertiary/aromatic N) is 2. The topological polar surface area (TPSA) is 52.5 Å². The summed E-state index contributed by atoms with van der Waals surface area (Å²) in [6, 6.07) is 6.15. The van der Waals surface area contributed by atoms with Crippen molar-refractivity contribution in [1.82, 2.24) is 9.97 Å². The van der Waals surface area contributed by atoms with Gasteiger partial charge in [-0.2, -0.15) is 5.26 Å². The zero-order valence-electron chi connectivity index (χ0n) is 8.04. The third-order valence-corrected chi connectivity index (χ3v) is 2.24. The van der Waals surface area contributed by atoms with Crippen LogP contribution >= 0.6 is 0 Å². The molecule has 70 valence electrons. The van der Waals surface area contributed by atoms with Crippen LogP contribution in [-0.2, 0) is 6.42 Å². The molecule has 2 rings (SSSR count). The number of fused-ring (bicyclic) bond motifs is 1. The smallest absolute Gasteiger partial charge is 0.146 e. The van der Waals surface area contributed by atoms with Gasteiger partial charge in [0.1, 0.15) is 17.4 Å². The Hall–Kier alpha value is -1.82. The van der Waals surface area contributed by atoms with E-state index in [-0.39, 0.29) is 0 Å². The lowest BCUT2D eigenvalue weighted by Crippen LogP contribution is -1.93. The van der Waals surface area contributed by atoms with Crippen LogP contribution in [0.15, 0.2) is 18.3 Å². The van der Waals surface area contributed by atoms with Gasteiger partial charge in [0.15, 0.2) is 0 Å². The van der Waals surface area contributed by atoms with E-state index in [1.54, 1.807) is 0 Å². The van der Waals surface area contributed by atoms with Crippen molar-refractivity contribution in [2.24, 2.45) is 0 Å². The van der Waals surface area contributed by atoms with Gasteiger partial charge >= 0.3 is 0 Å². The summed E-state index contributed by atoms with van der Waals surface area (Å²) in [5.41, 5.74) is 2.38. The molecule has 0 aliphatic heterocycles. The van der Waals surface area contributed by atoms with Gasteiger partial charge in [-0.3, -0.25) is 0 Å². The van der Waals surface area contributed by atoms with Crippen LogP contribution in [0.25, 0.3) is 11.0 Å². The van der Waals surface area contributed by atoms with Gasteiger partial charge in [0.2, 0.25) is 0 Å². The fourth-order valence-corrected chi connectivity index (χ4v) is 1.58. The Kier molecular flexibility index (Phi) is 2.19. The Morgan fingerprint density at radius 3 is 3.14 bits per heavy atom. The molecule has 0 amide bonds. The van der Waals surface area contributed by atoms with E-state index < -0.39 is 0 Å². The Morgan fingerprint density at radius 1 is 1.57 bits per heavy atom. The predicted molar refractivity (Wildman–Crippen MR) is 54.8 cm³/mol. The lowest BCUT2D eigenvalue weighted by Gasteiger charge is -2.00. The van der Waals surface area contributed by atoms with Crippen LogP contribution in [-0.4, -0.2) is 9.97 Å². The van der Waals surface area contributed by atoms with Crippen LogP contribution in [0.5, 0.6) is 0 Å². The largest absolute Gasteiger partial charge is 0.346 e. The molecule has 0 unspecified atom stereocenters. The molecule has 2 aromatic heterocycles. The molecule has 0 aliphatic carbocycles. The second-order valence-electron chi connectivity index (χ2n) is 3.27. The van der Waals surface area contributed by atoms with E-state index in [2.05, 4.69) is 23.0 Å². The Balaban J connectivity index is 2.62. The van der Waals surface area contributed by atoms with Gasteiger partial charge in [-0.25, -0.2) is 4.98 Å². The SMILES string of the molecule is CCCc1cc2cc[nH]c2nc1C#N. The second-order valence-corrected chi connectivity index (χ2v) is 3.27. The maximum atomic E-state index is 8.92. The maximum absolute atomic E-state index is 8.92. The summed E-state index contributed by atoms with van der Waals surface area (Å²) in [5, 5.41) is 9.99. The van der Waals surface area contributed by atoms with E-state index >= 15 is 0 Å². The van der Waals surface area contributed by atoms with Crippen LogP contribution in [0.1, 0.15) is 24.6 Å². The number of nitriles is 1. The highest BCUT2D eigenvalue weighted by atomic mass is 14.8. The van der Waals surface area contributed by atoms with Gasteiger partial charge in [0.05, 0.1) is 0 Å².